The summed E-state index contributed by atoms with van der Waals surface area (Å²) in [6.45, 7) is 3.88. The summed E-state index contributed by atoms with van der Waals surface area (Å²) in [6, 6.07) is 5.34. The van der Waals surface area contributed by atoms with Crippen molar-refractivity contribution in [2.45, 2.75) is 13.8 Å². The summed E-state index contributed by atoms with van der Waals surface area (Å²) in [5, 5.41) is 10.7. The average Bonchev–Trinajstić information content (AvgIpc) is 2.33. The molecule has 0 bridgehead atoms. The number of nitro groups is 1. The highest BCUT2D eigenvalue weighted by Gasteiger charge is 2.23. The lowest BCUT2D eigenvalue weighted by molar-refractivity contribution is -0.386. The molecule has 1 heterocycles. The van der Waals surface area contributed by atoms with Crippen LogP contribution in [-0.2, 0) is 0 Å². The quantitative estimate of drug-likeness (QED) is 0.488. The van der Waals surface area contributed by atoms with E-state index >= 15 is 0 Å². The van der Waals surface area contributed by atoms with E-state index in [0.717, 1.165) is 17.5 Å². The third-order valence-corrected chi connectivity index (χ3v) is 2.90. The highest BCUT2D eigenvalue weighted by molar-refractivity contribution is 6.31. The van der Waals surface area contributed by atoms with Crippen LogP contribution in [0.25, 0.3) is 0 Å². The molecular formula is C12H10ClN3O3. The van der Waals surface area contributed by atoms with E-state index in [0.29, 0.717) is 5.75 Å². The molecule has 2 aromatic rings. The smallest absolute Gasteiger partial charge is 0.368 e. The Balaban J connectivity index is 2.40. The molecule has 7 heteroatoms. The van der Waals surface area contributed by atoms with Crippen molar-refractivity contribution in [1.29, 1.82) is 0 Å². The molecule has 0 spiro atoms. The summed E-state index contributed by atoms with van der Waals surface area (Å²) < 4.78 is 5.41. The second-order valence-electron chi connectivity index (χ2n) is 3.92. The molecular weight excluding hydrogens is 270 g/mol. The number of aromatic nitrogens is 2. The molecule has 0 aliphatic heterocycles. The molecule has 1 aromatic heterocycles. The maximum atomic E-state index is 10.9. The summed E-state index contributed by atoms with van der Waals surface area (Å²) in [5.74, 6) is 0.286. The van der Waals surface area contributed by atoms with E-state index in [1.807, 2.05) is 19.9 Å². The van der Waals surface area contributed by atoms with Gasteiger partial charge >= 0.3 is 11.6 Å². The first-order chi connectivity index (χ1) is 8.99. The van der Waals surface area contributed by atoms with Gasteiger partial charge in [-0.1, -0.05) is 17.7 Å². The maximum Gasteiger partial charge on any atom is 0.368 e. The molecule has 0 aliphatic carbocycles. The fraction of sp³-hybridized carbons (Fsp3) is 0.167. The van der Waals surface area contributed by atoms with E-state index in [4.69, 9.17) is 16.3 Å². The number of halogens is 1. The third-order valence-electron chi connectivity index (χ3n) is 2.62. The number of ether oxygens (including phenoxy) is 1. The van der Waals surface area contributed by atoms with E-state index in [-0.39, 0.29) is 11.0 Å². The molecule has 19 heavy (non-hydrogen) atoms. The molecule has 1 aromatic carbocycles. The fourth-order valence-corrected chi connectivity index (χ4v) is 1.65. The standard InChI is InChI=1S/C12H10ClN3O3/c1-7-3-4-9(5-8(7)2)19-12-10(16(17)18)11(13)14-6-15-12/h3-6H,1-2H3. The summed E-state index contributed by atoms with van der Waals surface area (Å²) >= 11 is 5.67. The molecule has 0 N–H and O–H groups in total. The zero-order valence-electron chi connectivity index (χ0n) is 10.3. The van der Waals surface area contributed by atoms with Crippen LogP contribution in [0.3, 0.4) is 0 Å². The second kappa shape index (κ2) is 5.19. The summed E-state index contributed by atoms with van der Waals surface area (Å²) in [4.78, 5) is 17.6. The first kappa shape index (κ1) is 13.2. The summed E-state index contributed by atoms with van der Waals surface area (Å²) in [5.41, 5.74) is 1.67. The number of nitrogens with zero attached hydrogens (tertiary/aromatic N) is 3. The van der Waals surface area contributed by atoms with Crippen LogP contribution in [0.4, 0.5) is 5.69 Å². The number of hydrogen-bond acceptors (Lipinski definition) is 5. The second-order valence-corrected chi connectivity index (χ2v) is 4.28. The third kappa shape index (κ3) is 2.79. The predicted molar refractivity (Wildman–Crippen MR) is 69.7 cm³/mol. The van der Waals surface area contributed by atoms with Crippen LogP contribution in [0.1, 0.15) is 11.1 Å². The number of hydrogen-bond donors (Lipinski definition) is 0. The predicted octanol–water partition coefficient (Wildman–Crippen LogP) is 3.45. The fourth-order valence-electron chi connectivity index (χ4n) is 1.46. The average molecular weight is 280 g/mol. The molecule has 0 radical (unpaired) electrons. The summed E-state index contributed by atoms with van der Waals surface area (Å²) in [7, 11) is 0. The zero-order valence-corrected chi connectivity index (χ0v) is 11.0. The Hall–Kier alpha value is -2.21. The Kier molecular flexibility index (Phi) is 3.62. The van der Waals surface area contributed by atoms with Gasteiger partial charge < -0.3 is 4.74 Å². The number of aryl methyl sites for hydroxylation is 2. The molecule has 0 fully saturated rings. The lowest BCUT2D eigenvalue weighted by atomic mass is 10.1. The van der Waals surface area contributed by atoms with Crippen LogP contribution in [0.2, 0.25) is 5.15 Å². The minimum absolute atomic E-state index is 0.173. The molecule has 6 nitrogen and oxygen atoms in total. The van der Waals surface area contributed by atoms with Gasteiger partial charge in [-0.25, -0.2) is 4.98 Å². The van der Waals surface area contributed by atoms with Gasteiger partial charge in [-0.15, -0.1) is 0 Å². The van der Waals surface area contributed by atoms with Crippen molar-refractivity contribution in [1.82, 2.24) is 9.97 Å². The minimum atomic E-state index is -0.668. The Bertz CT molecular complexity index is 646. The number of rotatable bonds is 3. The lowest BCUT2D eigenvalue weighted by Crippen LogP contribution is -1.98. The normalized spacial score (nSPS) is 10.3. The van der Waals surface area contributed by atoms with E-state index in [1.54, 1.807) is 12.1 Å². The largest absolute Gasteiger partial charge is 0.434 e. The topological polar surface area (TPSA) is 78.2 Å². The van der Waals surface area contributed by atoms with Crippen molar-refractivity contribution in [3.8, 4) is 11.6 Å². The first-order valence-electron chi connectivity index (χ1n) is 5.39. The van der Waals surface area contributed by atoms with Crippen molar-refractivity contribution in [3.05, 3.63) is 50.9 Å². The summed E-state index contributed by atoms with van der Waals surface area (Å²) in [6.07, 6.45) is 1.12. The molecule has 0 amide bonds. The maximum absolute atomic E-state index is 10.9. The van der Waals surface area contributed by atoms with Crippen molar-refractivity contribution in [2.75, 3.05) is 0 Å². The monoisotopic (exact) mass is 279 g/mol. The minimum Gasteiger partial charge on any atom is -0.434 e. The molecule has 0 aliphatic rings. The van der Waals surface area contributed by atoms with Gasteiger partial charge in [0.1, 0.15) is 12.1 Å². The van der Waals surface area contributed by atoms with Crippen LogP contribution < -0.4 is 4.74 Å². The van der Waals surface area contributed by atoms with Gasteiger partial charge in [0.15, 0.2) is 0 Å². The molecule has 98 valence electrons. The zero-order chi connectivity index (χ0) is 14.0. The van der Waals surface area contributed by atoms with Gasteiger partial charge in [0.25, 0.3) is 0 Å². The molecule has 0 saturated carbocycles. The Morgan fingerprint density at radius 2 is 2.00 bits per heavy atom. The van der Waals surface area contributed by atoms with Gasteiger partial charge in [-0.05, 0) is 37.1 Å². The van der Waals surface area contributed by atoms with Crippen molar-refractivity contribution >= 4 is 17.3 Å². The Labute approximate surface area is 114 Å². The van der Waals surface area contributed by atoms with Gasteiger partial charge in [0, 0.05) is 0 Å². The number of benzene rings is 1. The van der Waals surface area contributed by atoms with E-state index in [2.05, 4.69) is 9.97 Å². The molecule has 2 rings (SSSR count). The SMILES string of the molecule is Cc1ccc(Oc2ncnc(Cl)c2[N+](=O)[O-])cc1C. The van der Waals surface area contributed by atoms with Gasteiger partial charge in [-0.3, -0.25) is 10.1 Å². The van der Waals surface area contributed by atoms with Crippen LogP contribution in [0.15, 0.2) is 24.5 Å². The molecule has 0 saturated heterocycles. The van der Waals surface area contributed by atoms with Crippen molar-refractivity contribution in [3.63, 3.8) is 0 Å². The van der Waals surface area contributed by atoms with Crippen LogP contribution in [-0.4, -0.2) is 14.9 Å². The van der Waals surface area contributed by atoms with Crippen molar-refractivity contribution < 1.29 is 9.66 Å². The van der Waals surface area contributed by atoms with E-state index in [9.17, 15) is 10.1 Å². The van der Waals surface area contributed by atoms with Crippen molar-refractivity contribution in [2.24, 2.45) is 0 Å². The van der Waals surface area contributed by atoms with Crippen LogP contribution in [0, 0.1) is 24.0 Å². The Morgan fingerprint density at radius 1 is 1.26 bits per heavy atom. The highest BCUT2D eigenvalue weighted by atomic mass is 35.5. The highest BCUT2D eigenvalue weighted by Crippen LogP contribution is 2.33. The van der Waals surface area contributed by atoms with Crippen LogP contribution >= 0.6 is 11.6 Å². The Morgan fingerprint density at radius 3 is 2.63 bits per heavy atom. The van der Waals surface area contributed by atoms with Gasteiger partial charge in [0.2, 0.25) is 5.15 Å². The van der Waals surface area contributed by atoms with E-state index in [1.165, 1.54) is 0 Å². The van der Waals surface area contributed by atoms with Crippen LogP contribution in [0.5, 0.6) is 11.6 Å². The van der Waals surface area contributed by atoms with Gasteiger partial charge in [0.05, 0.1) is 4.92 Å². The first-order valence-corrected chi connectivity index (χ1v) is 5.77. The lowest BCUT2D eigenvalue weighted by Gasteiger charge is -2.07. The van der Waals surface area contributed by atoms with Gasteiger partial charge in [-0.2, -0.15) is 4.98 Å². The van der Waals surface area contributed by atoms with E-state index < -0.39 is 10.6 Å². The molecule has 0 atom stereocenters. The molecule has 0 unspecified atom stereocenters.